The Kier molecular flexibility index (Phi) is 6.85. The van der Waals surface area contributed by atoms with Gasteiger partial charge in [0.05, 0.1) is 7.89 Å². The maximum atomic E-state index is 15.4. The fourth-order valence-electron chi connectivity index (χ4n) is 3.74. The van der Waals surface area contributed by atoms with Crippen LogP contribution in [0.1, 0.15) is 12.5 Å². The van der Waals surface area contributed by atoms with E-state index in [1.54, 1.807) is 29.2 Å². The normalized spacial score (nSPS) is 12.3. The van der Waals surface area contributed by atoms with Crippen LogP contribution in [0.4, 0.5) is 21.5 Å². The van der Waals surface area contributed by atoms with Crippen LogP contribution in [0.15, 0.2) is 103 Å². The monoisotopic (exact) mass is 467 g/mol. The van der Waals surface area contributed by atoms with Crippen LogP contribution in [-0.2, 0) is 11.3 Å². The second-order valence-corrected chi connectivity index (χ2v) is 8.28. The van der Waals surface area contributed by atoms with Crippen molar-refractivity contribution in [2.24, 2.45) is 0 Å². The zero-order valence-corrected chi connectivity index (χ0v) is 19.6. The third-order valence-electron chi connectivity index (χ3n) is 5.59. The Morgan fingerprint density at radius 3 is 2.20 bits per heavy atom. The summed E-state index contributed by atoms with van der Waals surface area (Å²) in [6.07, 6.45) is 2.55. The molecule has 0 fully saturated rings. The summed E-state index contributed by atoms with van der Waals surface area (Å²) < 4.78 is 24.5. The molecule has 4 aromatic carbocycles. The van der Waals surface area contributed by atoms with Crippen molar-refractivity contribution in [2.45, 2.75) is 6.52 Å². The smallest absolute Gasteiger partial charge is 0.328 e. The third-order valence-corrected chi connectivity index (χ3v) is 5.59. The lowest BCUT2D eigenvalue weighted by atomic mass is 10.0. The Morgan fingerprint density at radius 2 is 1.54 bits per heavy atom. The molecule has 0 aromatic heterocycles. The van der Waals surface area contributed by atoms with E-state index in [1.807, 2.05) is 85.7 Å². The van der Waals surface area contributed by atoms with Crippen LogP contribution in [0.25, 0.3) is 17.2 Å². The third kappa shape index (κ3) is 5.95. The summed E-state index contributed by atoms with van der Waals surface area (Å²) in [5.74, 6) is -1.51. The van der Waals surface area contributed by atoms with Crippen molar-refractivity contribution in [1.82, 2.24) is 0 Å². The first-order chi connectivity index (χ1) is 17.3. The summed E-state index contributed by atoms with van der Waals surface area (Å²) in [5.41, 5.74) is 4.96. The fraction of sp³-hybridized carbons (Fsp3) is 0.100. The number of nitrogens with zero attached hydrogens (tertiary/aromatic N) is 2. The number of hydrogen-bond donors (Lipinski definition) is 1. The van der Waals surface area contributed by atoms with E-state index in [1.165, 1.54) is 12.1 Å². The van der Waals surface area contributed by atoms with Crippen molar-refractivity contribution in [3.05, 3.63) is 120 Å². The van der Waals surface area contributed by atoms with Gasteiger partial charge >= 0.3 is 5.97 Å². The second-order valence-electron chi connectivity index (χ2n) is 8.28. The summed E-state index contributed by atoms with van der Waals surface area (Å²) in [5, 5.41) is 8.97. The van der Waals surface area contributed by atoms with E-state index in [-0.39, 0.29) is 5.56 Å². The van der Waals surface area contributed by atoms with Gasteiger partial charge in [-0.15, -0.1) is 0 Å². The number of rotatable bonds is 8. The minimum Gasteiger partial charge on any atom is -0.478 e. The van der Waals surface area contributed by atoms with Gasteiger partial charge in [-0.2, -0.15) is 0 Å². The summed E-state index contributed by atoms with van der Waals surface area (Å²) in [6.45, 7) is -1.07. The van der Waals surface area contributed by atoms with Crippen LogP contribution in [0.2, 0.25) is 0 Å². The number of carboxylic acid groups (broad SMARTS) is 1. The lowest BCUT2D eigenvalue weighted by Gasteiger charge is -2.26. The van der Waals surface area contributed by atoms with E-state index in [2.05, 4.69) is 0 Å². The average molecular weight is 468 g/mol. The SMILES string of the molecule is [2H]C(c1ccc(-c2ccc(N(C)C)cc2)cc1F)N(c1ccccc1)c1cccc(/C=C/C(=O)O)c1. The predicted octanol–water partition coefficient (Wildman–Crippen LogP) is 6.99. The van der Waals surface area contributed by atoms with Gasteiger partial charge in [0.1, 0.15) is 5.82 Å². The first-order valence-corrected chi connectivity index (χ1v) is 11.2. The lowest BCUT2D eigenvalue weighted by molar-refractivity contribution is -0.131. The highest BCUT2D eigenvalue weighted by molar-refractivity contribution is 5.85. The maximum Gasteiger partial charge on any atom is 0.328 e. The van der Waals surface area contributed by atoms with Crippen molar-refractivity contribution in [1.29, 1.82) is 0 Å². The molecule has 176 valence electrons. The standard InChI is InChI=1S/C30H27FN2O2/c1-32(2)26-16-14-23(15-17-26)24-12-13-25(29(31)20-24)21-33(27-8-4-3-5-9-27)28-10-6-7-22(19-28)11-18-30(34)35/h3-20H,21H2,1-2H3,(H,34,35)/b18-11+/i21D. The maximum absolute atomic E-state index is 15.4. The molecule has 4 rings (SSSR count). The van der Waals surface area contributed by atoms with Crippen molar-refractivity contribution in [2.75, 3.05) is 23.9 Å². The molecule has 0 bridgehead atoms. The summed E-state index contributed by atoms with van der Waals surface area (Å²) >= 11 is 0. The summed E-state index contributed by atoms with van der Waals surface area (Å²) in [4.78, 5) is 14.7. The van der Waals surface area contributed by atoms with Crippen LogP contribution in [0, 0.1) is 5.82 Å². The minimum atomic E-state index is -1.07. The number of benzene rings is 4. The molecular formula is C30H27FN2O2. The average Bonchev–Trinajstić information content (AvgIpc) is 2.88. The molecule has 0 saturated carbocycles. The topological polar surface area (TPSA) is 43.8 Å². The molecule has 0 aliphatic carbocycles. The van der Waals surface area contributed by atoms with Gasteiger partial charge in [-0.25, -0.2) is 9.18 Å². The van der Waals surface area contributed by atoms with Crippen LogP contribution < -0.4 is 9.80 Å². The molecule has 35 heavy (non-hydrogen) atoms. The number of para-hydroxylation sites is 1. The van der Waals surface area contributed by atoms with Crippen LogP contribution in [-0.4, -0.2) is 25.2 Å². The van der Waals surface area contributed by atoms with Gasteiger partial charge in [-0.3, -0.25) is 0 Å². The van der Waals surface area contributed by atoms with E-state index in [4.69, 9.17) is 6.48 Å². The number of halogens is 1. The molecule has 4 aromatic rings. The highest BCUT2D eigenvalue weighted by Crippen LogP contribution is 2.31. The van der Waals surface area contributed by atoms with Crippen molar-refractivity contribution >= 4 is 29.1 Å². The Hall–Kier alpha value is -4.38. The van der Waals surface area contributed by atoms with Gasteiger partial charge in [0, 0.05) is 42.8 Å². The van der Waals surface area contributed by atoms with Gasteiger partial charge in [-0.05, 0) is 65.2 Å². The molecule has 1 N–H and O–H groups in total. The van der Waals surface area contributed by atoms with Gasteiger partial charge in [0.2, 0.25) is 0 Å². The first-order valence-electron chi connectivity index (χ1n) is 11.8. The molecule has 0 radical (unpaired) electrons. The summed E-state index contributed by atoms with van der Waals surface area (Å²) in [6, 6.07) is 29.3. The molecule has 1 unspecified atom stereocenters. The molecule has 5 heteroatoms. The van der Waals surface area contributed by atoms with E-state index < -0.39 is 18.3 Å². The van der Waals surface area contributed by atoms with Crippen molar-refractivity contribution in [3.8, 4) is 11.1 Å². The Balaban J connectivity index is 1.71. The molecule has 0 amide bonds. The summed E-state index contributed by atoms with van der Waals surface area (Å²) in [7, 11) is 3.93. The molecule has 4 nitrogen and oxygen atoms in total. The minimum absolute atomic E-state index is 0.235. The zero-order chi connectivity index (χ0) is 25.7. The largest absolute Gasteiger partial charge is 0.478 e. The molecule has 0 heterocycles. The molecule has 1 atom stereocenters. The van der Waals surface area contributed by atoms with Crippen LogP contribution in [0.5, 0.6) is 0 Å². The number of anilines is 3. The van der Waals surface area contributed by atoms with Crippen molar-refractivity contribution < 1.29 is 15.7 Å². The Labute approximate surface area is 206 Å². The van der Waals surface area contributed by atoms with E-state index >= 15 is 4.39 Å². The lowest BCUT2D eigenvalue weighted by Crippen LogP contribution is -2.17. The van der Waals surface area contributed by atoms with Gasteiger partial charge in [0.25, 0.3) is 0 Å². The molecule has 0 spiro atoms. The number of carboxylic acids is 1. The fourth-order valence-corrected chi connectivity index (χ4v) is 3.74. The highest BCUT2D eigenvalue weighted by Gasteiger charge is 2.14. The Morgan fingerprint density at radius 1 is 0.857 bits per heavy atom. The van der Waals surface area contributed by atoms with Crippen LogP contribution in [0.3, 0.4) is 0 Å². The van der Waals surface area contributed by atoms with E-state index in [0.717, 1.165) is 28.6 Å². The van der Waals surface area contributed by atoms with Gasteiger partial charge < -0.3 is 14.9 Å². The molecule has 0 saturated heterocycles. The van der Waals surface area contributed by atoms with Gasteiger partial charge in [0.15, 0.2) is 0 Å². The number of aliphatic carboxylic acids is 1. The van der Waals surface area contributed by atoms with E-state index in [9.17, 15) is 4.79 Å². The molecular weight excluding hydrogens is 439 g/mol. The number of carbonyl (C=O) groups is 1. The first kappa shape index (κ1) is 22.4. The second kappa shape index (κ2) is 10.7. The quantitative estimate of drug-likeness (QED) is 0.284. The van der Waals surface area contributed by atoms with Gasteiger partial charge in [-0.1, -0.05) is 54.6 Å². The Bertz CT molecular complexity index is 1370. The highest BCUT2D eigenvalue weighted by atomic mass is 19.1. The molecule has 0 aliphatic rings. The predicted molar refractivity (Wildman–Crippen MR) is 142 cm³/mol. The van der Waals surface area contributed by atoms with Crippen LogP contribution >= 0.6 is 0 Å². The molecule has 0 aliphatic heterocycles. The zero-order valence-electron chi connectivity index (χ0n) is 20.6. The van der Waals surface area contributed by atoms with Crippen molar-refractivity contribution in [3.63, 3.8) is 0 Å². The number of hydrogen-bond acceptors (Lipinski definition) is 3. The van der Waals surface area contributed by atoms with E-state index in [0.29, 0.717) is 11.3 Å².